The van der Waals surface area contributed by atoms with Crippen LogP contribution in [0.5, 0.6) is 0 Å². The Kier molecular flexibility index (Phi) is 4.88. The fraction of sp³-hybridized carbons (Fsp3) is 0.188. The van der Waals surface area contributed by atoms with Crippen molar-refractivity contribution in [3.05, 3.63) is 42.6 Å². The third-order valence-corrected chi connectivity index (χ3v) is 5.11. The third-order valence-electron chi connectivity index (χ3n) is 3.17. The molecule has 0 fully saturated rings. The van der Waals surface area contributed by atoms with Gasteiger partial charge >= 0.3 is 0 Å². The second kappa shape index (κ2) is 7.06. The van der Waals surface area contributed by atoms with Crippen molar-refractivity contribution in [1.29, 1.82) is 0 Å². The topological polar surface area (TPSA) is 62.3 Å². The molecule has 0 saturated heterocycles. The van der Waals surface area contributed by atoms with Crippen LogP contribution in [0.25, 0.3) is 0 Å². The Bertz CT molecular complexity index is 706. The van der Waals surface area contributed by atoms with Crippen LogP contribution in [0.15, 0.2) is 52.4 Å². The molecule has 0 saturated carbocycles. The van der Waals surface area contributed by atoms with Gasteiger partial charge in [0.25, 0.3) is 5.24 Å². The predicted octanol–water partition coefficient (Wildman–Crippen LogP) is 3.67. The lowest BCUT2D eigenvalue weighted by Gasteiger charge is -2.29. The first kappa shape index (κ1) is 15.9. The van der Waals surface area contributed by atoms with Crippen LogP contribution in [0.4, 0.5) is 16.3 Å². The van der Waals surface area contributed by atoms with E-state index in [1.165, 1.54) is 18.7 Å². The van der Waals surface area contributed by atoms with E-state index < -0.39 is 0 Å². The molecule has 5 nitrogen and oxygen atoms in total. The monoisotopic (exact) mass is 345 g/mol. The maximum Gasteiger partial charge on any atom is 0.291 e. The van der Waals surface area contributed by atoms with Crippen molar-refractivity contribution in [1.82, 2.24) is 10.3 Å². The molecule has 2 heterocycles. The van der Waals surface area contributed by atoms with Gasteiger partial charge in [-0.2, -0.15) is 0 Å². The summed E-state index contributed by atoms with van der Waals surface area (Å²) in [4.78, 5) is 31.6. The molecule has 3 rings (SSSR count). The number of carbonyl (C=O) groups is 2. The number of fused-ring (bicyclic) bond motifs is 2. The summed E-state index contributed by atoms with van der Waals surface area (Å²) in [6.45, 7) is 1.93. The van der Waals surface area contributed by atoms with Crippen LogP contribution in [0.3, 0.4) is 0 Å². The molecule has 7 heteroatoms. The Morgan fingerprint density at radius 1 is 1.22 bits per heavy atom. The fourth-order valence-electron chi connectivity index (χ4n) is 2.21. The van der Waals surface area contributed by atoms with Gasteiger partial charge < -0.3 is 5.32 Å². The standard InChI is InChI=1S/C16H15N3O2S2/c1-11(20)17-9-10-22-16(21)19-12-5-2-3-6-13(12)23-14-7-4-8-18-15(14)19/h2-8H,9-10H2,1H3,(H,17,20). The zero-order valence-corrected chi connectivity index (χ0v) is 14.1. The van der Waals surface area contributed by atoms with Crippen LogP contribution >= 0.6 is 23.5 Å². The second-order valence-electron chi connectivity index (χ2n) is 4.83. The molecule has 118 valence electrons. The summed E-state index contributed by atoms with van der Waals surface area (Å²) in [5.74, 6) is 1.09. The molecule has 1 aromatic carbocycles. The normalized spacial score (nSPS) is 12.3. The van der Waals surface area contributed by atoms with Gasteiger partial charge in [-0.1, -0.05) is 35.7 Å². The van der Waals surface area contributed by atoms with Gasteiger partial charge in [-0.3, -0.25) is 14.5 Å². The van der Waals surface area contributed by atoms with Crippen molar-refractivity contribution in [2.75, 3.05) is 17.2 Å². The number of aromatic nitrogens is 1. The average Bonchev–Trinajstić information content (AvgIpc) is 2.56. The van der Waals surface area contributed by atoms with Gasteiger partial charge in [0, 0.05) is 30.3 Å². The van der Waals surface area contributed by atoms with Crippen molar-refractivity contribution >= 4 is 46.2 Å². The molecular weight excluding hydrogens is 330 g/mol. The van der Waals surface area contributed by atoms with Gasteiger partial charge in [-0.05, 0) is 24.3 Å². The molecule has 2 amide bonds. The number of carbonyl (C=O) groups excluding carboxylic acids is 2. The van der Waals surface area contributed by atoms with Crippen molar-refractivity contribution in [2.45, 2.75) is 16.7 Å². The minimum atomic E-state index is -0.0944. The summed E-state index contributed by atoms with van der Waals surface area (Å²) in [6.07, 6.45) is 1.69. The molecule has 0 unspecified atom stereocenters. The molecule has 1 aliphatic rings. The van der Waals surface area contributed by atoms with Crippen LogP contribution in [0.1, 0.15) is 6.92 Å². The molecule has 0 bridgehead atoms. The summed E-state index contributed by atoms with van der Waals surface area (Å²) in [7, 11) is 0. The summed E-state index contributed by atoms with van der Waals surface area (Å²) >= 11 is 2.79. The van der Waals surface area contributed by atoms with Crippen LogP contribution in [0, 0.1) is 0 Å². The van der Waals surface area contributed by atoms with E-state index in [1.807, 2.05) is 36.4 Å². The fourth-order valence-corrected chi connectivity index (χ4v) is 3.93. The average molecular weight is 345 g/mol. The number of thioether (sulfide) groups is 1. The van der Waals surface area contributed by atoms with Gasteiger partial charge in [0.05, 0.1) is 10.6 Å². The predicted molar refractivity (Wildman–Crippen MR) is 93.5 cm³/mol. The van der Waals surface area contributed by atoms with Crippen LogP contribution < -0.4 is 10.2 Å². The van der Waals surface area contributed by atoms with Gasteiger partial charge in [-0.25, -0.2) is 4.98 Å². The number of nitrogens with one attached hydrogen (secondary N) is 1. The number of para-hydroxylation sites is 1. The molecule has 1 aromatic heterocycles. The Hall–Kier alpha value is -1.99. The summed E-state index contributed by atoms with van der Waals surface area (Å²) in [5, 5.41) is 2.60. The van der Waals surface area contributed by atoms with E-state index in [4.69, 9.17) is 0 Å². The van der Waals surface area contributed by atoms with E-state index in [9.17, 15) is 9.59 Å². The van der Waals surface area contributed by atoms with Crippen LogP contribution in [0.2, 0.25) is 0 Å². The quantitative estimate of drug-likeness (QED) is 0.860. The summed E-state index contributed by atoms with van der Waals surface area (Å²) in [6, 6.07) is 11.6. The Morgan fingerprint density at radius 3 is 2.83 bits per heavy atom. The molecule has 0 spiro atoms. The zero-order valence-electron chi connectivity index (χ0n) is 12.5. The van der Waals surface area contributed by atoms with Gasteiger partial charge in [0.15, 0.2) is 5.82 Å². The highest BCUT2D eigenvalue weighted by Gasteiger charge is 2.29. The number of benzene rings is 1. The van der Waals surface area contributed by atoms with Crippen LogP contribution in [-0.2, 0) is 4.79 Å². The lowest BCUT2D eigenvalue weighted by molar-refractivity contribution is -0.118. The minimum Gasteiger partial charge on any atom is -0.356 e. The number of hydrogen-bond donors (Lipinski definition) is 1. The molecule has 1 aliphatic heterocycles. The highest BCUT2D eigenvalue weighted by molar-refractivity contribution is 8.14. The summed E-state index contributed by atoms with van der Waals surface area (Å²) in [5.41, 5.74) is 0.848. The van der Waals surface area contributed by atoms with Gasteiger partial charge in [-0.15, -0.1) is 0 Å². The van der Waals surface area contributed by atoms with E-state index in [2.05, 4.69) is 10.3 Å². The first-order valence-electron chi connectivity index (χ1n) is 7.10. The smallest absolute Gasteiger partial charge is 0.291 e. The number of nitrogens with zero attached hydrogens (tertiary/aromatic N) is 2. The lowest BCUT2D eigenvalue weighted by Crippen LogP contribution is -2.28. The highest BCUT2D eigenvalue weighted by Crippen LogP contribution is 2.47. The van der Waals surface area contributed by atoms with E-state index in [0.717, 1.165) is 15.5 Å². The molecule has 2 aromatic rings. The Labute approximate surface area is 142 Å². The Morgan fingerprint density at radius 2 is 2.00 bits per heavy atom. The van der Waals surface area contributed by atoms with Gasteiger partial charge in [0.2, 0.25) is 5.91 Å². The van der Waals surface area contributed by atoms with E-state index >= 15 is 0 Å². The molecular formula is C16H15N3O2S2. The molecule has 0 aliphatic carbocycles. The van der Waals surface area contributed by atoms with Crippen molar-refractivity contribution < 1.29 is 9.59 Å². The Balaban J connectivity index is 1.83. The number of amides is 2. The van der Waals surface area contributed by atoms with E-state index in [0.29, 0.717) is 18.1 Å². The summed E-state index contributed by atoms with van der Waals surface area (Å²) < 4.78 is 0. The largest absolute Gasteiger partial charge is 0.356 e. The maximum atomic E-state index is 12.7. The lowest BCUT2D eigenvalue weighted by atomic mass is 10.3. The number of anilines is 2. The number of pyridine rings is 1. The van der Waals surface area contributed by atoms with Gasteiger partial charge in [0.1, 0.15) is 0 Å². The second-order valence-corrected chi connectivity index (χ2v) is 6.96. The molecule has 0 radical (unpaired) electrons. The van der Waals surface area contributed by atoms with Crippen molar-refractivity contribution in [2.24, 2.45) is 0 Å². The third kappa shape index (κ3) is 3.51. The van der Waals surface area contributed by atoms with Crippen molar-refractivity contribution in [3.63, 3.8) is 0 Å². The molecule has 23 heavy (non-hydrogen) atoms. The molecule has 0 atom stereocenters. The SMILES string of the molecule is CC(=O)NCCSC(=O)N1c2ccccc2Sc2cccnc21. The number of hydrogen-bond acceptors (Lipinski definition) is 5. The zero-order chi connectivity index (χ0) is 16.2. The highest BCUT2D eigenvalue weighted by atomic mass is 32.2. The van der Waals surface area contributed by atoms with E-state index in [1.54, 1.807) is 22.9 Å². The maximum absolute atomic E-state index is 12.7. The minimum absolute atomic E-state index is 0.0928. The first-order chi connectivity index (χ1) is 11.2. The first-order valence-corrected chi connectivity index (χ1v) is 8.90. The van der Waals surface area contributed by atoms with Crippen LogP contribution in [-0.4, -0.2) is 28.4 Å². The number of rotatable bonds is 3. The van der Waals surface area contributed by atoms with E-state index in [-0.39, 0.29) is 11.1 Å². The molecule has 1 N–H and O–H groups in total. The van der Waals surface area contributed by atoms with Crippen molar-refractivity contribution in [3.8, 4) is 0 Å².